The van der Waals surface area contributed by atoms with Gasteiger partial charge >= 0.3 is 0 Å². The summed E-state index contributed by atoms with van der Waals surface area (Å²) in [7, 11) is 0. The molecule has 0 amide bonds. The Kier molecular flexibility index (Phi) is 4.30. The minimum absolute atomic E-state index is 0.0197. The number of aromatic nitrogens is 3. The quantitative estimate of drug-likeness (QED) is 0.340. The summed E-state index contributed by atoms with van der Waals surface area (Å²) in [5.41, 5.74) is 2.27. The number of hydrogen-bond acceptors (Lipinski definition) is 5. The van der Waals surface area contributed by atoms with Crippen LogP contribution in [-0.4, -0.2) is 26.0 Å². The molecule has 0 unspecified atom stereocenters. The molecule has 7 nitrogen and oxygen atoms in total. The maximum absolute atomic E-state index is 11.1. The van der Waals surface area contributed by atoms with Crippen LogP contribution in [0, 0.1) is 21.8 Å². The molecule has 0 fully saturated rings. The molecule has 0 spiro atoms. The van der Waals surface area contributed by atoms with E-state index >= 15 is 0 Å². The standard InChI is InChI=1S/C16H13N5O2S/c1-11-6-2-4-8-13(11)15-18-19-16(24)20(15)17-10-12-7-3-5-9-14(12)21(22)23/h2-10H,1H3,(H,19,24)/b17-10+. The van der Waals surface area contributed by atoms with E-state index in [1.807, 2.05) is 31.2 Å². The lowest BCUT2D eigenvalue weighted by molar-refractivity contribution is -0.385. The van der Waals surface area contributed by atoms with Crippen molar-refractivity contribution in [3.63, 3.8) is 0 Å². The average molecular weight is 339 g/mol. The molecular formula is C16H13N5O2S. The number of nitro benzene ring substituents is 1. The Hall–Kier alpha value is -3.13. The summed E-state index contributed by atoms with van der Waals surface area (Å²) in [6.45, 7) is 1.96. The van der Waals surface area contributed by atoms with E-state index < -0.39 is 4.92 Å². The molecule has 0 saturated heterocycles. The number of nitrogens with one attached hydrogen (secondary N) is 1. The minimum atomic E-state index is -0.446. The van der Waals surface area contributed by atoms with Gasteiger partial charge in [0.1, 0.15) is 0 Å². The van der Waals surface area contributed by atoms with Crippen molar-refractivity contribution in [2.24, 2.45) is 5.10 Å². The van der Waals surface area contributed by atoms with Crippen LogP contribution in [0.5, 0.6) is 0 Å². The molecule has 0 aliphatic heterocycles. The van der Waals surface area contributed by atoms with E-state index in [0.29, 0.717) is 16.2 Å². The van der Waals surface area contributed by atoms with Crippen molar-refractivity contribution < 1.29 is 4.92 Å². The highest BCUT2D eigenvalue weighted by molar-refractivity contribution is 7.71. The van der Waals surface area contributed by atoms with Gasteiger partial charge in [-0.05, 0) is 30.8 Å². The molecular weight excluding hydrogens is 326 g/mol. The van der Waals surface area contributed by atoms with Gasteiger partial charge in [-0.2, -0.15) is 14.9 Å². The van der Waals surface area contributed by atoms with E-state index in [1.54, 1.807) is 18.2 Å². The van der Waals surface area contributed by atoms with Crippen molar-refractivity contribution in [1.29, 1.82) is 0 Å². The van der Waals surface area contributed by atoms with E-state index in [2.05, 4.69) is 15.3 Å². The first kappa shape index (κ1) is 15.8. The highest BCUT2D eigenvalue weighted by atomic mass is 32.1. The Morgan fingerprint density at radius 3 is 2.71 bits per heavy atom. The third kappa shape index (κ3) is 2.99. The van der Waals surface area contributed by atoms with Gasteiger partial charge in [-0.1, -0.05) is 36.4 Å². The van der Waals surface area contributed by atoms with E-state index in [9.17, 15) is 10.1 Å². The summed E-state index contributed by atoms with van der Waals surface area (Å²) >= 11 is 5.21. The van der Waals surface area contributed by atoms with E-state index in [1.165, 1.54) is 17.0 Å². The second-order valence-corrected chi connectivity index (χ2v) is 5.43. The molecule has 0 atom stereocenters. The number of nitro groups is 1. The molecule has 0 bridgehead atoms. The topological polar surface area (TPSA) is 89.1 Å². The van der Waals surface area contributed by atoms with Crippen LogP contribution in [0.15, 0.2) is 53.6 Å². The zero-order chi connectivity index (χ0) is 17.1. The van der Waals surface area contributed by atoms with Gasteiger partial charge < -0.3 is 0 Å². The van der Waals surface area contributed by atoms with Gasteiger partial charge in [0.25, 0.3) is 5.69 Å². The fraction of sp³-hybridized carbons (Fsp3) is 0.0625. The molecule has 24 heavy (non-hydrogen) atoms. The molecule has 8 heteroatoms. The second-order valence-electron chi connectivity index (χ2n) is 5.04. The lowest BCUT2D eigenvalue weighted by Gasteiger charge is -2.04. The van der Waals surface area contributed by atoms with Gasteiger partial charge in [0.2, 0.25) is 4.77 Å². The van der Waals surface area contributed by atoms with Crippen LogP contribution in [0.3, 0.4) is 0 Å². The normalized spacial score (nSPS) is 11.0. The first-order chi connectivity index (χ1) is 11.6. The van der Waals surface area contributed by atoms with Crippen molar-refractivity contribution in [2.45, 2.75) is 6.92 Å². The molecule has 1 heterocycles. The van der Waals surface area contributed by atoms with Crippen molar-refractivity contribution in [2.75, 3.05) is 0 Å². The molecule has 120 valence electrons. The molecule has 1 N–H and O–H groups in total. The molecule has 0 saturated carbocycles. The van der Waals surface area contributed by atoms with Gasteiger partial charge in [0.15, 0.2) is 5.82 Å². The van der Waals surface area contributed by atoms with Crippen LogP contribution < -0.4 is 0 Å². The monoisotopic (exact) mass is 339 g/mol. The van der Waals surface area contributed by atoms with Crippen LogP contribution in [0.1, 0.15) is 11.1 Å². The number of rotatable bonds is 4. The molecule has 3 rings (SSSR count). The average Bonchev–Trinajstić information content (AvgIpc) is 2.94. The number of hydrogen-bond donors (Lipinski definition) is 1. The number of aromatic amines is 1. The summed E-state index contributed by atoms with van der Waals surface area (Å²) in [5, 5.41) is 22.3. The van der Waals surface area contributed by atoms with Gasteiger partial charge in [0, 0.05) is 11.6 Å². The predicted octanol–water partition coefficient (Wildman–Crippen LogP) is 3.71. The minimum Gasteiger partial charge on any atom is -0.258 e. The van der Waals surface area contributed by atoms with Crippen molar-refractivity contribution in [3.05, 3.63) is 74.5 Å². The zero-order valence-corrected chi connectivity index (χ0v) is 13.5. The third-order valence-electron chi connectivity index (χ3n) is 3.48. The number of nitrogens with zero attached hydrogens (tertiary/aromatic N) is 4. The summed E-state index contributed by atoms with van der Waals surface area (Å²) in [6, 6.07) is 14.1. The maximum Gasteiger partial charge on any atom is 0.278 e. The van der Waals surface area contributed by atoms with Crippen molar-refractivity contribution in [1.82, 2.24) is 14.9 Å². The lowest BCUT2D eigenvalue weighted by Crippen LogP contribution is -1.98. The Morgan fingerprint density at radius 2 is 1.96 bits per heavy atom. The highest BCUT2D eigenvalue weighted by Gasteiger charge is 2.12. The summed E-state index contributed by atoms with van der Waals surface area (Å²) in [5.74, 6) is 0.549. The molecule has 0 aliphatic carbocycles. The molecule has 3 aromatic rings. The SMILES string of the molecule is Cc1ccccc1-c1n[nH]c(=S)n1/N=C/c1ccccc1[N+](=O)[O-]. The van der Waals surface area contributed by atoms with Crippen LogP contribution in [0.2, 0.25) is 0 Å². The zero-order valence-electron chi connectivity index (χ0n) is 12.7. The number of aryl methyl sites for hydroxylation is 1. The first-order valence-electron chi connectivity index (χ1n) is 7.09. The van der Waals surface area contributed by atoms with Crippen LogP contribution >= 0.6 is 12.2 Å². The molecule has 1 aromatic heterocycles. The Labute approximate surface area is 142 Å². The summed E-state index contributed by atoms with van der Waals surface area (Å²) in [4.78, 5) is 10.6. The number of benzene rings is 2. The Bertz CT molecular complexity index is 990. The second kappa shape index (κ2) is 6.55. The smallest absolute Gasteiger partial charge is 0.258 e. The van der Waals surface area contributed by atoms with Gasteiger partial charge in [0.05, 0.1) is 16.7 Å². The lowest BCUT2D eigenvalue weighted by atomic mass is 10.1. The number of para-hydroxylation sites is 1. The molecule has 2 aromatic carbocycles. The van der Waals surface area contributed by atoms with E-state index in [-0.39, 0.29) is 5.69 Å². The Morgan fingerprint density at radius 1 is 1.25 bits per heavy atom. The molecule has 0 aliphatic rings. The van der Waals surface area contributed by atoms with Crippen molar-refractivity contribution in [3.8, 4) is 11.4 Å². The van der Waals surface area contributed by atoms with Gasteiger partial charge in [-0.15, -0.1) is 0 Å². The van der Waals surface area contributed by atoms with Gasteiger partial charge in [-0.3, -0.25) is 10.1 Å². The summed E-state index contributed by atoms with van der Waals surface area (Å²) in [6.07, 6.45) is 1.41. The summed E-state index contributed by atoms with van der Waals surface area (Å²) < 4.78 is 1.76. The molecule has 0 radical (unpaired) electrons. The fourth-order valence-corrected chi connectivity index (χ4v) is 2.46. The maximum atomic E-state index is 11.1. The number of H-pyrrole nitrogens is 1. The van der Waals surface area contributed by atoms with Gasteiger partial charge in [-0.25, -0.2) is 5.10 Å². The first-order valence-corrected chi connectivity index (χ1v) is 7.50. The Balaban J connectivity index is 2.07. The largest absolute Gasteiger partial charge is 0.278 e. The van der Waals surface area contributed by atoms with Crippen LogP contribution in [0.4, 0.5) is 5.69 Å². The predicted molar refractivity (Wildman–Crippen MR) is 93.7 cm³/mol. The van der Waals surface area contributed by atoms with Crippen molar-refractivity contribution >= 4 is 24.1 Å². The van der Waals surface area contributed by atoms with Crippen LogP contribution in [-0.2, 0) is 0 Å². The highest BCUT2D eigenvalue weighted by Crippen LogP contribution is 2.21. The third-order valence-corrected chi connectivity index (χ3v) is 3.75. The van der Waals surface area contributed by atoms with E-state index in [0.717, 1.165) is 11.1 Å². The fourth-order valence-electron chi connectivity index (χ4n) is 2.28. The van der Waals surface area contributed by atoms with E-state index in [4.69, 9.17) is 12.2 Å². The van der Waals surface area contributed by atoms with Crippen LogP contribution in [0.25, 0.3) is 11.4 Å².